The first-order valence-corrected chi connectivity index (χ1v) is 8.48. The zero-order valence-electron chi connectivity index (χ0n) is 12.9. The molecular weight excluding hydrogens is 300 g/mol. The Labute approximate surface area is 132 Å². The lowest BCUT2D eigenvalue weighted by atomic mass is 10.3. The first-order chi connectivity index (χ1) is 10.6. The Bertz CT molecular complexity index is 806. The first-order valence-electron chi connectivity index (χ1n) is 7.49. The summed E-state index contributed by atoms with van der Waals surface area (Å²) in [5.74, 6) is 0.936. The van der Waals surface area contributed by atoms with Crippen LogP contribution < -0.4 is 11.2 Å². The van der Waals surface area contributed by atoms with Crippen molar-refractivity contribution in [2.24, 2.45) is 14.1 Å². The van der Waals surface area contributed by atoms with Crippen molar-refractivity contribution in [3.8, 4) is 0 Å². The second kappa shape index (κ2) is 6.26. The largest absolute Gasteiger partial charge is 0.332 e. The molecule has 0 aliphatic carbocycles. The molecule has 0 unspecified atom stereocenters. The van der Waals surface area contributed by atoms with Gasteiger partial charge >= 0.3 is 5.69 Å². The highest BCUT2D eigenvalue weighted by atomic mass is 32.2. The minimum absolute atomic E-state index is 0.269. The number of likely N-dealkylation sites (tertiary alicyclic amines) is 1. The van der Waals surface area contributed by atoms with E-state index in [4.69, 9.17) is 0 Å². The molecule has 7 heteroatoms. The van der Waals surface area contributed by atoms with Gasteiger partial charge < -0.3 is 4.90 Å². The third kappa shape index (κ3) is 2.70. The first kappa shape index (κ1) is 15.3. The summed E-state index contributed by atoms with van der Waals surface area (Å²) in [6.07, 6.45) is 4.23. The summed E-state index contributed by atoms with van der Waals surface area (Å²) in [5, 5.41) is 0.540. The monoisotopic (exact) mass is 320 g/mol. The van der Waals surface area contributed by atoms with Crippen molar-refractivity contribution < 1.29 is 0 Å². The van der Waals surface area contributed by atoms with E-state index < -0.39 is 0 Å². The second-order valence-corrected chi connectivity index (χ2v) is 6.75. The Morgan fingerprint density at radius 1 is 1.18 bits per heavy atom. The molecule has 0 radical (unpaired) electrons. The highest BCUT2D eigenvalue weighted by Crippen LogP contribution is 2.23. The van der Waals surface area contributed by atoms with Crippen LogP contribution in [-0.4, -0.2) is 44.4 Å². The Kier molecular flexibility index (Phi) is 4.35. The van der Waals surface area contributed by atoms with Crippen molar-refractivity contribution in [1.29, 1.82) is 0 Å². The fourth-order valence-electron chi connectivity index (χ4n) is 2.87. The lowest BCUT2D eigenvalue weighted by molar-refractivity contribution is 0.362. The van der Waals surface area contributed by atoms with E-state index in [2.05, 4.69) is 9.88 Å². The van der Waals surface area contributed by atoms with Gasteiger partial charge in [0.25, 0.3) is 5.56 Å². The van der Waals surface area contributed by atoms with Gasteiger partial charge in [-0.3, -0.25) is 13.9 Å². The third-order valence-electron chi connectivity index (χ3n) is 4.17. The number of aromatic nitrogens is 3. The molecule has 2 aromatic rings. The van der Waals surface area contributed by atoms with Gasteiger partial charge in [-0.2, -0.15) is 0 Å². The molecule has 118 valence electrons. The Balaban J connectivity index is 1.92. The number of fused-ring (bicyclic) bond motifs is 1. The number of hydrogen-bond acceptors (Lipinski definition) is 5. The molecule has 2 aromatic heterocycles. The third-order valence-corrected chi connectivity index (χ3v) is 5.20. The lowest BCUT2D eigenvalue weighted by Gasteiger charge is -2.14. The van der Waals surface area contributed by atoms with Gasteiger partial charge in [0, 0.05) is 37.5 Å². The topological polar surface area (TPSA) is 60.1 Å². The van der Waals surface area contributed by atoms with Gasteiger partial charge in [0.05, 0.1) is 5.39 Å². The fourth-order valence-corrected chi connectivity index (χ4v) is 3.92. The van der Waals surface area contributed by atoms with E-state index >= 15 is 0 Å². The van der Waals surface area contributed by atoms with Crippen LogP contribution in [0.1, 0.15) is 12.8 Å². The Hall–Kier alpha value is -1.60. The van der Waals surface area contributed by atoms with E-state index in [1.54, 1.807) is 25.0 Å². The number of pyridine rings is 1. The minimum Gasteiger partial charge on any atom is -0.303 e. The number of aryl methyl sites for hydroxylation is 1. The van der Waals surface area contributed by atoms with Crippen molar-refractivity contribution >= 4 is 22.8 Å². The SMILES string of the molecule is Cn1c(=O)c2c(SCCN3CCCC3)ccnc2n(C)c1=O. The number of thioether (sulfide) groups is 1. The molecule has 6 nitrogen and oxygen atoms in total. The Morgan fingerprint density at radius 3 is 2.64 bits per heavy atom. The van der Waals surface area contributed by atoms with Gasteiger partial charge in [0.15, 0.2) is 0 Å². The van der Waals surface area contributed by atoms with E-state index in [9.17, 15) is 9.59 Å². The number of hydrogen-bond donors (Lipinski definition) is 0. The summed E-state index contributed by atoms with van der Waals surface area (Å²) in [5.41, 5.74) is -0.154. The molecule has 3 heterocycles. The van der Waals surface area contributed by atoms with Crippen LogP contribution in [0, 0.1) is 0 Å². The van der Waals surface area contributed by atoms with E-state index in [0.717, 1.165) is 21.8 Å². The van der Waals surface area contributed by atoms with Crippen LogP contribution in [0.25, 0.3) is 11.0 Å². The quantitative estimate of drug-likeness (QED) is 0.781. The standard InChI is InChI=1S/C15H20N4O2S/c1-17-13-12(14(20)18(2)15(17)21)11(5-6-16-13)22-10-9-19-7-3-4-8-19/h5-6H,3-4,7-10H2,1-2H3. The molecular formula is C15H20N4O2S. The molecule has 0 N–H and O–H groups in total. The van der Waals surface area contributed by atoms with Crippen LogP contribution >= 0.6 is 11.8 Å². The van der Waals surface area contributed by atoms with Crippen LogP contribution in [0.2, 0.25) is 0 Å². The predicted octanol–water partition coefficient (Wildman–Crippen LogP) is 0.820. The molecule has 0 spiro atoms. The molecule has 1 aliphatic heterocycles. The maximum atomic E-state index is 12.4. The van der Waals surface area contributed by atoms with Gasteiger partial charge in [-0.05, 0) is 32.0 Å². The maximum absolute atomic E-state index is 12.4. The molecule has 0 atom stereocenters. The summed E-state index contributed by atoms with van der Waals surface area (Å²) in [7, 11) is 3.16. The van der Waals surface area contributed by atoms with Crippen molar-refractivity contribution in [3.05, 3.63) is 33.1 Å². The molecule has 1 saturated heterocycles. The lowest BCUT2D eigenvalue weighted by Crippen LogP contribution is -2.37. The zero-order valence-corrected chi connectivity index (χ0v) is 13.7. The maximum Gasteiger partial charge on any atom is 0.332 e. The van der Waals surface area contributed by atoms with Crippen LogP contribution in [-0.2, 0) is 14.1 Å². The van der Waals surface area contributed by atoms with Crippen LogP contribution in [0.5, 0.6) is 0 Å². The minimum atomic E-state index is -0.343. The van der Waals surface area contributed by atoms with Gasteiger partial charge in [-0.1, -0.05) is 0 Å². The highest BCUT2D eigenvalue weighted by molar-refractivity contribution is 7.99. The highest BCUT2D eigenvalue weighted by Gasteiger charge is 2.15. The molecule has 3 rings (SSSR count). The van der Waals surface area contributed by atoms with Crippen molar-refractivity contribution in [1.82, 2.24) is 19.0 Å². The van der Waals surface area contributed by atoms with E-state index in [-0.39, 0.29) is 11.2 Å². The summed E-state index contributed by atoms with van der Waals surface area (Å²) < 4.78 is 2.58. The molecule has 1 aliphatic rings. The average molecular weight is 320 g/mol. The van der Waals surface area contributed by atoms with Crippen molar-refractivity contribution in [2.45, 2.75) is 17.7 Å². The summed E-state index contributed by atoms with van der Waals surface area (Å²) in [6, 6.07) is 1.86. The average Bonchev–Trinajstić information content (AvgIpc) is 3.04. The molecule has 1 fully saturated rings. The molecule has 0 saturated carbocycles. The number of nitrogens with zero attached hydrogens (tertiary/aromatic N) is 4. The van der Waals surface area contributed by atoms with Gasteiger partial charge in [-0.15, -0.1) is 11.8 Å². The van der Waals surface area contributed by atoms with Crippen molar-refractivity contribution in [2.75, 3.05) is 25.4 Å². The molecule has 0 bridgehead atoms. The Morgan fingerprint density at radius 2 is 1.91 bits per heavy atom. The smallest absolute Gasteiger partial charge is 0.303 e. The summed E-state index contributed by atoms with van der Waals surface area (Å²) in [6.45, 7) is 3.38. The summed E-state index contributed by atoms with van der Waals surface area (Å²) in [4.78, 5) is 32.0. The van der Waals surface area contributed by atoms with Crippen LogP contribution in [0.15, 0.2) is 26.7 Å². The number of rotatable bonds is 4. The summed E-state index contributed by atoms with van der Waals surface area (Å²) >= 11 is 1.66. The van der Waals surface area contributed by atoms with Crippen LogP contribution in [0.4, 0.5) is 0 Å². The van der Waals surface area contributed by atoms with Gasteiger partial charge in [0.2, 0.25) is 0 Å². The normalized spacial score (nSPS) is 15.7. The van der Waals surface area contributed by atoms with Crippen molar-refractivity contribution in [3.63, 3.8) is 0 Å². The fraction of sp³-hybridized carbons (Fsp3) is 0.533. The van der Waals surface area contributed by atoms with E-state index in [1.165, 1.54) is 37.5 Å². The predicted molar refractivity (Wildman–Crippen MR) is 88.6 cm³/mol. The van der Waals surface area contributed by atoms with Crippen LogP contribution in [0.3, 0.4) is 0 Å². The van der Waals surface area contributed by atoms with E-state index in [1.807, 2.05) is 6.07 Å². The second-order valence-electron chi connectivity index (χ2n) is 5.61. The zero-order chi connectivity index (χ0) is 15.7. The molecule has 0 amide bonds. The molecule has 0 aromatic carbocycles. The van der Waals surface area contributed by atoms with Gasteiger partial charge in [-0.25, -0.2) is 9.78 Å². The van der Waals surface area contributed by atoms with E-state index in [0.29, 0.717) is 11.0 Å². The molecule has 22 heavy (non-hydrogen) atoms. The van der Waals surface area contributed by atoms with Gasteiger partial charge in [0.1, 0.15) is 5.65 Å².